The average molecular weight is 344 g/mol. The molecule has 1 aliphatic heterocycles. The van der Waals surface area contributed by atoms with E-state index in [1.807, 2.05) is 0 Å². The Hall–Kier alpha value is -1.99. The van der Waals surface area contributed by atoms with Crippen LogP contribution in [-0.4, -0.2) is 48.8 Å². The zero-order chi connectivity index (χ0) is 17.6. The second-order valence-electron chi connectivity index (χ2n) is 5.94. The summed E-state index contributed by atoms with van der Waals surface area (Å²) in [5.41, 5.74) is 0.563. The fourth-order valence-electron chi connectivity index (χ4n) is 2.57. The van der Waals surface area contributed by atoms with E-state index in [1.165, 1.54) is 6.20 Å². The van der Waals surface area contributed by atoms with Gasteiger partial charge in [-0.05, 0) is 24.8 Å². The number of alkyl halides is 3. The van der Waals surface area contributed by atoms with Gasteiger partial charge in [-0.2, -0.15) is 13.2 Å². The Balaban J connectivity index is 1.95. The Morgan fingerprint density at radius 3 is 2.75 bits per heavy atom. The third kappa shape index (κ3) is 5.58. The Labute approximate surface area is 139 Å². The molecule has 1 N–H and O–H groups in total. The fraction of sp³-hybridized carbons (Fsp3) is 0.625. The minimum atomic E-state index is -4.39. The van der Waals surface area contributed by atoms with E-state index < -0.39 is 12.8 Å². The first-order chi connectivity index (χ1) is 11.4. The molecule has 1 saturated heterocycles. The van der Waals surface area contributed by atoms with E-state index >= 15 is 0 Å². The second kappa shape index (κ2) is 8.21. The third-order valence-electron chi connectivity index (χ3n) is 3.95. The van der Waals surface area contributed by atoms with Crippen LogP contribution in [0.15, 0.2) is 23.3 Å². The van der Waals surface area contributed by atoms with Gasteiger partial charge >= 0.3 is 6.18 Å². The number of halogens is 3. The highest BCUT2D eigenvalue weighted by atomic mass is 19.4. The molecule has 0 atom stereocenters. The Morgan fingerprint density at radius 2 is 2.12 bits per heavy atom. The molecule has 0 radical (unpaired) electrons. The van der Waals surface area contributed by atoms with Crippen molar-refractivity contribution in [2.24, 2.45) is 10.9 Å². The van der Waals surface area contributed by atoms with Gasteiger partial charge in [-0.3, -0.25) is 4.99 Å². The Bertz CT molecular complexity index is 554. The number of piperidine rings is 1. The molecular weight excluding hydrogens is 321 g/mol. The predicted octanol–water partition coefficient (Wildman–Crippen LogP) is 2.83. The molecule has 2 rings (SSSR count). The van der Waals surface area contributed by atoms with Crippen LogP contribution in [0.25, 0.3) is 0 Å². The predicted molar refractivity (Wildman–Crippen MR) is 86.0 cm³/mol. The molecule has 24 heavy (non-hydrogen) atoms. The van der Waals surface area contributed by atoms with Gasteiger partial charge < -0.3 is 15.0 Å². The zero-order valence-corrected chi connectivity index (χ0v) is 13.9. The van der Waals surface area contributed by atoms with Crippen molar-refractivity contribution in [1.29, 1.82) is 0 Å². The van der Waals surface area contributed by atoms with Crippen LogP contribution in [-0.2, 0) is 6.54 Å². The largest absolute Gasteiger partial charge is 0.468 e. The van der Waals surface area contributed by atoms with Gasteiger partial charge in [0.25, 0.3) is 0 Å². The lowest BCUT2D eigenvalue weighted by Crippen LogP contribution is -2.45. The van der Waals surface area contributed by atoms with Gasteiger partial charge in [0.2, 0.25) is 5.88 Å². The first-order valence-corrected chi connectivity index (χ1v) is 7.98. The molecule has 0 saturated carbocycles. The third-order valence-corrected chi connectivity index (χ3v) is 3.95. The summed E-state index contributed by atoms with van der Waals surface area (Å²) in [6.45, 7) is 3.03. The van der Waals surface area contributed by atoms with Crippen molar-refractivity contribution in [3.05, 3.63) is 23.9 Å². The number of hydrogen-bond acceptors (Lipinski definition) is 3. The number of nitrogens with one attached hydrogen (secondary N) is 1. The van der Waals surface area contributed by atoms with E-state index in [1.54, 1.807) is 19.2 Å². The lowest BCUT2D eigenvalue weighted by molar-refractivity contribution is -0.154. The van der Waals surface area contributed by atoms with Crippen molar-refractivity contribution >= 4 is 5.96 Å². The molecule has 1 aliphatic rings. The quantitative estimate of drug-likeness (QED) is 0.674. The maximum Gasteiger partial charge on any atom is 0.422 e. The highest BCUT2D eigenvalue weighted by Crippen LogP contribution is 2.20. The number of guanidine groups is 1. The first kappa shape index (κ1) is 18.4. The summed E-state index contributed by atoms with van der Waals surface area (Å²) in [4.78, 5) is 10.3. The van der Waals surface area contributed by atoms with Crippen molar-refractivity contribution < 1.29 is 17.9 Å². The second-order valence-corrected chi connectivity index (χ2v) is 5.94. The van der Waals surface area contributed by atoms with Crippen molar-refractivity contribution in [3.8, 4) is 5.88 Å². The molecule has 1 fully saturated rings. The number of hydrogen-bond donors (Lipinski definition) is 1. The van der Waals surface area contributed by atoms with E-state index in [4.69, 9.17) is 4.74 Å². The minimum absolute atomic E-state index is 0.00922. The van der Waals surface area contributed by atoms with E-state index in [0.29, 0.717) is 18.0 Å². The van der Waals surface area contributed by atoms with Crippen LogP contribution in [0.1, 0.15) is 25.3 Å². The number of rotatable bonds is 4. The normalized spacial score (nSPS) is 17.0. The maximum absolute atomic E-state index is 12.3. The van der Waals surface area contributed by atoms with Crippen LogP contribution in [0.2, 0.25) is 0 Å². The minimum Gasteiger partial charge on any atom is -0.468 e. The molecule has 0 amide bonds. The standard InChI is InChI=1S/C16H23F3N4O/c1-12-5-8-23(9-6-12)15(20-2)22-10-13-4-3-7-21-14(13)24-11-16(17,18)19/h3-4,7,12H,5-6,8-11H2,1-2H3,(H,20,22). The molecule has 0 spiro atoms. The summed E-state index contributed by atoms with van der Waals surface area (Å²) in [5, 5.41) is 3.18. The SMILES string of the molecule is CN=C(NCc1cccnc1OCC(F)(F)F)N1CCC(C)CC1. The molecule has 0 aliphatic carbocycles. The number of aliphatic imine (C=N–C) groups is 1. The average Bonchev–Trinajstić information content (AvgIpc) is 2.55. The van der Waals surface area contributed by atoms with Crippen LogP contribution in [0, 0.1) is 5.92 Å². The highest BCUT2D eigenvalue weighted by Gasteiger charge is 2.29. The van der Waals surface area contributed by atoms with Gasteiger partial charge in [-0.1, -0.05) is 13.0 Å². The summed E-state index contributed by atoms with van der Waals surface area (Å²) in [6, 6.07) is 3.36. The van der Waals surface area contributed by atoms with Gasteiger partial charge in [0.05, 0.1) is 0 Å². The van der Waals surface area contributed by atoms with Gasteiger partial charge in [-0.15, -0.1) is 0 Å². The summed E-state index contributed by atoms with van der Waals surface area (Å²) in [6.07, 6.45) is -0.764. The molecule has 0 aromatic carbocycles. The first-order valence-electron chi connectivity index (χ1n) is 7.98. The summed E-state index contributed by atoms with van der Waals surface area (Å²) >= 11 is 0. The van der Waals surface area contributed by atoms with Crippen LogP contribution in [0.5, 0.6) is 5.88 Å². The lowest BCUT2D eigenvalue weighted by atomic mass is 10.00. The molecule has 0 bridgehead atoms. The number of aromatic nitrogens is 1. The Morgan fingerprint density at radius 1 is 1.42 bits per heavy atom. The molecule has 1 aromatic rings. The number of ether oxygens (including phenoxy) is 1. The van der Waals surface area contributed by atoms with Crippen LogP contribution < -0.4 is 10.1 Å². The van der Waals surface area contributed by atoms with E-state index in [-0.39, 0.29) is 5.88 Å². The van der Waals surface area contributed by atoms with Gasteiger partial charge in [0.1, 0.15) is 0 Å². The topological polar surface area (TPSA) is 49.8 Å². The van der Waals surface area contributed by atoms with E-state index in [2.05, 4.69) is 27.1 Å². The van der Waals surface area contributed by atoms with Crippen LogP contribution in [0.3, 0.4) is 0 Å². The summed E-state index contributed by atoms with van der Waals surface area (Å²) in [7, 11) is 1.70. The van der Waals surface area contributed by atoms with Crippen molar-refractivity contribution in [3.63, 3.8) is 0 Å². The molecule has 2 heterocycles. The summed E-state index contributed by atoms with van der Waals surface area (Å²) in [5.74, 6) is 1.44. The van der Waals surface area contributed by atoms with E-state index in [9.17, 15) is 13.2 Å². The van der Waals surface area contributed by atoms with Gasteiger partial charge in [0, 0.05) is 38.4 Å². The zero-order valence-electron chi connectivity index (χ0n) is 13.9. The van der Waals surface area contributed by atoms with Crippen LogP contribution >= 0.6 is 0 Å². The van der Waals surface area contributed by atoms with Gasteiger partial charge in [-0.25, -0.2) is 4.98 Å². The number of nitrogens with zero attached hydrogens (tertiary/aromatic N) is 3. The number of pyridine rings is 1. The molecule has 1 aromatic heterocycles. The van der Waals surface area contributed by atoms with E-state index in [0.717, 1.165) is 31.9 Å². The van der Waals surface area contributed by atoms with Crippen molar-refractivity contribution in [1.82, 2.24) is 15.2 Å². The molecule has 0 unspecified atom stereocenters. The lowest BCUT2D eigenvalue weighted by Gasteiger charge is -2.33. The van der Waals surface area contributed by atoms with Crippen LogP contribution in [0.4, 0.5) is 13.2 Å². The molecule has 8 heteroatoms. The smallest absolute Gasteiger partial charge is 0.422 e. The Kier molecular flexibility index (Phi) is 6.28. The molecule has 134 valence electrons. The number of likely N-dealkylation sites (tertiary alicyclic amines) is 1. The molecule has 5 nitrogen and oxygen atoms in total. The monoisotopic (exact) mass is 344 g/mol. The van der Waals surface area contributed by atoms with Crippen molar-refractivity contribution in [2.45, 2.75) is 32.5 Å². The fourth-order valence-corrected chi connectivity index (χ4v) is 2.57. The highest BCUT2D eigenvalue weighted by molar-refractivity contribution is 5.80. The van der Waals surface area contributed by atoms with Crippen molar-refractivity contribution in [2.75, 3.05) is 26.7 Å². The van der Waals surface area contributed by atoms with Gasteiger partial charge in [0.15, 0.2) is 12.6 Å². The summed E-state index contributed by atoms with van der Waals surface area (Å²) < 4.78 is 41.8. The maximum atomic E-state index is 12.3. The molecular formula is C16H23F3N4O.